The second kappa shape index (κ2) is 16.0. The second-order valence-electron chi connectivity index (χ2n) is 25.5. The molecule has 74 heavy (non-hydrogen) atoms. The zero-order valence-corrected chi connectivity index (χ0v) is 45.3. The number of benzene rings is 8. The maximum atomic E-state index is 2.62. The second-order valence-corrected chi connectivity index (χ2v) is 25.5. The van der Waals surface area contributed by atoms with Crippen LogP contribution in [0, 0.1) is 5.41 Å². The highest BCUT2D eigenvalue weighted by molar-refractivity contribution is 6.32. The molecule has 0 fully saturated rings. The van der Waals surface area contributed by atoms with Crippen LogP contribution in [0.3, 0.4) is 0 Å². The zero-order valence-electron chi connectivity index (χ0n) is 45.3. The Hall–Kier alpha value is -7.56. The summed E-state index contributed by atoms with van der Waals surface area (Å²) in [6.45, 7) is 27.6. The van der Waals surface area contributed by atoms with Gasteiger partial charge in [0.1, 0.15) is 0 Å². The highest BCUT2D eigenvalue weighted by atomic mass is 15.2. The largest absolute Gasteiger partial charge is 0.334 e. The van der Waals surface area contributed by atoms with Crippen molar-refractivity contribution >= 4 is 105 Å². The minimum absolute atomic E-state index is 0.0484. The molecule has 12 aromatic rings. The van der Waals surface area contributed by atoms with Crippen LogP contribution >= 0.6 is 0 Å². The fraction of sp³-hybridized carbons (Fsp3) is 0.257. The van der Waals surface area contributed by atoms with Crippen LogP contribution in [0.4, 0.5) is 28.4 Å². The molecule has 8 aromatic carbocycles. The predicted molar refractivity (Wildman–Crippen MR) is 320 cm³/mol. The van der Waals surface area contributed by atoms with Crippen molar-refractivity contribution in [2.24, 2.45) is 5.41 Å². The summed E-state index contributed by atoms with van der Waals surface area (Å²) in [6, 6.07) is 60.8. The molecule has 4 aromatic heterocycles. The average Bonchev–Trinajstić information content (AvgIpc) is 4.10. The van der Waals surface area contributed by atoms with Gasteiger partial charge in [0.25, 0.3) is 0 Å². The first-order valence-corrected chi connectivity index (χ1v) is 26.9. The first kappa shape index (κ1) is 46.2. The number of allylic oxidation sites excluding steroid dienone is 2. The molecule has 0 N–H and O–H groups in total. The number of hydrogen-bond acceptors (Lipinski definition) is 2. The van der Waals surface area contributed by atoms with Gasteiger partial charge in [0.2, 0.25) is 0 Å². The molecule has 13 rings (SSSR count). The molecule has 1 unspecified atom stereocenters. The number of anilines is 5. The van der Waals surface area contributed by atoms with Gasteiger partial charge in [-0.2, -0.15) is 0 Å². The molecule has 4 nitrogen and oxygen atoms in total. The lowest BCUT2D eigenvalue weighted by atomic mass is 9.82. The van der Waals surface area contributed by atoms with E-state index in [2.05, 4.69) is 278 Å². The fourth-order valence-electron chi connectivity index (χ4n) is 12.5. The van der Waals surface area contributed by atoms with Gasteiger partial charge in [-0.3, -0.25) is 0 Å². The Balaban J connectivity index is 1.05. The van der Waals surface area contributed by atoms with Crippen LogP contribution in [0.1, 0.15) is 106 Å². The molecular weight excluding hydrogens is 897 g/mol. The maximum absolute atomic E-state index is 2.62. The number of nitrogens with zero attached hydrogens (tertiary/aromatic N) is 4. The van der Waals surface area contributed by atoms with Crippen molar-refractivity contribution in [3.05, 3.63) is 198 Å². The topological polar surface area (TPSA) is 15.3 Å². The van der Waals surface area contributed by atoms with Crippen molar-refractivity contribution in [3.8, 4) is 0 Å². The highest BCUT2D eigenvalue weighted by Gasteiger charge is 2.31. The van der Waals surface area contributed by atoms with Crippen molar-refractivity contribution < 1.29 is 0 Å². The van der Waals surface area contributed by atoms with Crippen molar-refractivity contribution in [1.82, 2.24) is 8.80 Å². The molecular formula is C70H68N4. The summed E-state index contributed by atoms with van der Waals surface area (Å²) in [6.07, 6.45) is 8.24. The number of rotatable bonds is 6. The van der Waals surface area contributed by atoms with E-state index in [-0.39, 0.29) is 27.7 Å². The molecule has 0 spiro atoms. The van der Waals surface area contributed by atoms with E-state index in [1.54, 1.807) is 0 Å². The molecule has 0 aliphatic heterocycles. The van der Waals surface area contributed by atoms with Crippen molar-refractivity contribution in [2.75, 3.05) is 9.80 Å². The minimum atomic E-state index is 0.0484. The Bertz CT molecular complexity index is 4170. The molecule has 368 valence electrons. The Morgan fingerprint density at radius 1 is 0.392 bits per heavy atom. The average molecular weight is 965 g/mol. The van der Waals surface area contributed by atoms with Crippen LogP contribution in [0.5, 0.6) is 0 Å². The van der Waals surface area contributed by atoms with E-state index in [9.17, 15) is 0 Å². The summed E-state index contributed by atoms with van der Waals surface area (Å²) < 4.78 is 5.15. The summed E-state index contributed by atoms with van der Waals surface area (Å²) in [5, 5.41) is 10.2. The molecule has 4 heteroatoms. The van der Waals surface area contributed by atoms with Gasteiger partial charge >= 0.3 is 0 Å². The third-order valence-corrected chi connectivity index (χ3v) is 16.5. The quantitative estimate of drug-likeness (QED) is 0.165. The Kier molecular flexibility index (Phi) is 9.98. The predicted octanol–water partition coefficient (Wildman–Crippen LogP) is 19.8. The molecule has 0 bridgehead atoms. The number of para-hydroxylation sites is 2. The van der Waals surface area contributed by atoms with E-state index in [1.807, 2.05) is 0 Å². The van der Waals surface area contributed by atoms with Crippen LogP contribution in [-0.4, -0.2) is 14.8 Å². The summed E-state index contributed by atoms with van der Waals surface area (Å²) >= 11 is 0. The van der Waals surface area contributed by atoms with Gasteiger partial charge in [0.15, 0.2) is 0 Å². The van der Waals surface area contributed by atoms with Crippen LogP contribution < -0.4 is 9.80 Å². The smallest absolute Gasteiger partial charge is 0.0641 e. The molecule has 1 aliphatic carbocycles. The molecule has 1 aliphatic rings. The molecule has 0 amide bonds. The lowest BCUT2D eigenvalue weighted by molar-refractivity contribution is 0.510. The van der Waals surface area contributed by atoms with Gasteiger partial charge in [-0.15, -0.1) is 0 Å². The van der Waals surface area contributed by atoms with Gasteiger partial charge < -0.3 is 18.6 Å². The summed E-state index contributed by atoms with van der Waals surface area (Å²) in [5.41, 5.74) is 19.0. The van der Waals surface area contributed by atoms with Gasteiger partial charge in [-0.25, -0.2) is 0 Å². The Labute approximate surface area is 436 Å². The van der Waals surface area contributed by atoms with Crippen molar-refractivity contribution in [1.29, 1.82) is 0 Å². The van der Waals surface area contributed by atoms with E-state index >= 15 is 0 Å². The first-order chi connectivity index (χ1) is 35.3. The molecule has 1 atom stereocenters. The summed E-state index contributed by atoms with van der Waals surface area (Å²) in [7, 11) is 0. The molecule has 4 heterocycles. The van der Waals surface area contributed by atoms with Crippen molar-refractivity contribution in [3.63, 3.8) is 0 Å². The highest BCUT2D eigenvalue weighted by Crippen LogP contribution is 2.51. The van der Waals surface area contributed by atoms with Crippen molar-refractivity contribution in [2.45, 2.75) is 112 Å². The van der Waals surface area contributed by atoms with E-state index in [1.165, 1.54) is 116 Å². The normalized spacial score (nSPS) is 15.1. The van der Waals surface area contributed by atoms with Gasteiger partial charge in [-0.05, 0) is 123 Å². The standard InChI is InChI=1S/C70H68N4/c1-67(2,3)43-21-29-47(30-22-43)71(48-31-23-44(24-32-48)68(4,5)6)59-39-37-51-55-41-62-56(42-61(55)73-57-19-15-13-17-53(57)63(59)65(51)73)52-38-40-60(64-54-18-14-16-20-58(54)74(62)66(52)64)72(49-33-25-45(26-34-49)69(7,8)9)50-35-27-46(28-36-50)70(10,11)12/h13-35,37-42,50H,36H2,1-12H3. The Morgan fingerprint density at radius 3 is 1.23 bits per heavy atom. The van der Waals surface area contributed by atoms with E-state index in [0.717, 1.165) is 17.8 Å². The van der Waals surface area contributed by atoms with Crippen LogP contribution in [-0.2, 0) is 16.2 Å². The van der Waals surface area contributed by atoms with E-state index < -0.39 is 0 Å². The van der Waals surface area contributed by atoms with Gasteiger partial charge in [0, 0.05) is 60.2 Å². The fourth-order valence-corrected chi connectivity index (χ4v) is 12.5. The van der Waals surface area contributed by atoms with E-state index in [4.69, 9.17) is 0 Å². The zero-order chi connectivity index (χ0) is 51.4. The summed E-state index contributed by atoms with van der Waals surface area (Å²) in [4.78, 5) is 5.11. The SMILES string of the molecule is CC(C)(C)C1=CCC(N(c2ccc(C(C)(C)C)cc2)c2ccc3c4cc5c(cc4n4c6ccccc6c2c34)c2ccc(N(c3ccc(C(C)(C)C)cc3)c3ccc(C(C)(C)C)cc3)c3c4ccccc4n5c23)C=C1. The molecule has 0 saturated carbocycles. The lowest BCUT2D eigenvalue weighted by Gasteiger charge is -2.35. The first-order valence-electron chi connectivity index (χ1n) is 26.9. The van der Waals surface area contributed by atoms with Crippen LogP contribution in [0.2, 0.25) is 0 Å². The third-order valence-electron chi connectivity index (χ3n) is 16.5. The molecule has 0 saturated heterocycles. The lowest BCUT2D eigenvalue weighted by Crippen LogP contribution is -2.31. The minimum Gasteiger partial charge on any atom is -0.334 e. The maximum Gasteiger partial charge on any atom is 0.0641 e. The van der Waals surface area contributed by atoms with Crippen LogP contribution in [0.15, 0.2) is 182 Å². The van der Waals surface area contributed by atoms with Gasteiger partial charge in [0.05, 0.1) is 50.5 Å². The monoisotopic (exact) mass is 965 g/mol. The van der Waals surface area contributed by atoms with Gasteiger partial charge in [-0.1, -0.05) is 186 Å². The van der Waals surface area contributed by atoms with Crippen LogP contribution in [0.25, 0.3) is 76.2 Å². The number of hydrogen-bond donors (Lipinski definition) is 0. The van der Waals surface area contributed by atoms with E-state index in [0.29, 0.717) is 0 Å². The Morgan fingerprint density at radius 2 is 0.811 bits per heavy atom. The number of aromatic nitrogens is 2. The number of fused-ring (bicyclic) bond motifs is 12. The molecule has 0 radical (unpaired) electrons. The summed E-state index contributed by atoms with van der Waals surface area (Å²) in [5.74, 6) is 0. The third kappa shape index (κ3) is 7.00.